The zero-order valence-corrected chi connectivity index (χ0v) is 11.5. The summed E-state index contributed by atoms with van der Waals surface area (Å²) in [6.07, 6.45) is 3.06. The third-order valence-corrected chi connectivity index (χ3v) is 3.90. The molecule has 5 heteroatoms. The van der Waals surface area contributed by atoms with E-state index in [2.05, 4.69) is 20.5 Å². The molecule has 1 atom stereocenters. The molecule has 1 aliphatic heterocycles. The highest BCUT2D eigenvalue weighted by Gasteiger charge is 2.19. The quantitative estimate of drug-likeness (QED) is 0.906. The first-order valence-corrected chi connectivity index (χ1v) is 7.06. The van der Waals surface area contributed by atoms with E-state index in [-0.39, 0.29) is 0 Å². The van der Waals surface area contributed by atoms with Crippen LogP contribution >= 0.6 is 11.6 Å². The van der Waals surface area contributed by atoms with Crippen molar-refractivity contribution in [3.8, 4) is 0 Å². The first kappa shape index (κ1) is 12.6. The zero-order chi connectivity index (χ0) is 13.1. The lowest BCUT2D eigenvalue weighted by Gasteiger charge is -2.19. The minimum absolute atomic E-state index is 0.435. The fourth-order valence-corrected chi connectivity index (χ4v) is 2.67. The number of aromatic nitrogens is 3. The lowest BCUT2D eigenvalue weighted by Crippen LogP contribution is -2.28. The van der Waals surface area contributed by atoms with E-state index in [0.717, 1.165) is 41.7 Å². The second-order valence-electron chi connectivity index (χ2n) is 4.95. The van der Waals surface area contributed by atoms with Gasteiger partial charge < -0.3 is 5.32 Å². The molecule has 2 N–H and O–H groups in total. The van der Waals surface area contributed by atoms with Gasteiger partial charge in [0.05, 0.1) is 0 Å². The number of piperidine rings is 1. The molecule has 1 aliphatic rings. The van der Waals surface area contributed by atoms with Gasteiger partial charge in [0.15, 0.2) is 5.82 Å². The van der Waals surface area contributed by atoms with Gasteiger partial charge in [0.25, 0.3) is 0 Å². The average molecular weight is 277 g/mol. The summed E-state index contributed by atoms with van der Waals surface area (Å²) >= 11 is 6.16. The van der Waals surface area contributed by atoms with E-state index in [1.165, 1.54) is 6.42 Å². The molecule has 1 unspecified atom stereocenters. The molecule has 2 heterocycles. The molecule has 0 spiro atoms. The number of benzene rings is 1. The monoisotopic (exact) mass is 276 g/mol. The Kier molecular flexibility index (Phi) is 3.80. The Labute approximate surface area is 117 Å². The minimum Gasteiger partial charge on any atom is -0.316 e. The Balaban J connectivity index is 1.73. The van der Waals surface area contributed by atoms with Gasteiger partial charge in [0.2, 0.25) is 0 Å². The second kappa shape index (κ2) is 5.72. The molecular weight excluding hydrogens is 260 g/mol. The van der Waals surface area contributed by atoms with Crippen molar-refractivity contribution < 1.29 is 0 Å². The van der Waals surface area contributed by atoms with E-state index >= 15 is 0 Å². The zero-order valence-electron chi connectivity index (χ0n) is 10.7. The van der Waals surface area contributed by atoms with Gasteiger partial charge in [0.1, 0.15) is 5.82 Å². The van der Waals surface area contributed by atoms with E-state index in [1.807, 2.05) is 24.3 Å². The molecular formula is C14H17ClN4. The summed E-state index contributed by atoms with van der Waals surface area (Å²) in [6, 6.07) is 7.85. The van der Waals surface area contributed by atoms with Crippen LogP contribution in [0.4, 0.5) is 0 Å². The Hall–Kier alpha value is -1.39. The Morgan fingerprint density at radius 1 is 1.32 bits per heavy atom. The number of nitrogens with zero attached hydrogens (tertiary/aromatic N) is 2. The molecule has 100 valence electrons. The lowest BCUT2D eigenvalue weighted by atomic mass is 9.99. The van der Waals surface area contributed by atoms with Gasteiger partial charge >= 0.3 is 0 Å². The largest absolute Gasteiger partial charge is 0.316 e. The van der Waals surface area contributed by atoms with Gasteiger partial charge in [-0.25, -0.2) is 4.98 Å². The van der Waals surface area contributed by atoms with Crippen LogP contribution in [0.1, 0.15) is 36.0 Å². The van der Waals surface area contributed by atoms with Gasteiger partial charge in [0, 0.05) is 23.9 Å². The molecule has 0 saturated carbocycles. The van der Waals surface area contributed by atoms with Crippen molar-refractivity contribution in [2.45, 2.75) is 25.2 Å². The standard InChI is InChI=1S/C14H17ClN4/c15-12-6-2-1-4-10(12)8-13-17-14(19-18-13)11-5-3-7-16-9-11/h1-2,4,6,11,16H,3,5,7-9H2,(H,17,18,19). The van der Waals surface area contributed by atoms with Crippen LogP contribution in [-0.2, 0) is 6.42 Å². The van der Waals surface area contributed by atoms with E-state index in [0.29, 0.717) is 12.3 Å². The first-order chi connectivity index (χ1) is 9.33. The van der Waals surface area contributed by atoms with Crippen LogP contribution in [0.3, 0.4) is 0 Å². The number of hydrogen-bond acceptors (Lipinski definition) is 3. The fraction of sp³-hybridized carbons (Fsp3) is 0.429. The maximum atomic E-state index is 6.16. The summed E-state index contributed by atoms with van der Waals surface area (Å²) in [5.41, 5.74) is 1.08. The molecule has 1 aromatic heterocycles. The van der Waals surface area contributed by atoms with Crippen molar-refractivity contribution in [1.29, 1.82) is 0 Å². The summed E-state index contributed by atoms with van der Waals surface area (Å²) in [5.74, 6) is 2.24. The lowest BCUT2D eigenvalue weighted by molar-refractivity contribution is 0.447. The molecule has 0 amide bonds. The van der Waals surface area contributed by atoms with E-state index in [9.17, 15) is 0 Å². The summed E-state index contributed by atoms with van der Waals surface area (Å²) < 4.78 is 0. The highest BCUT2D eigenvalue weighted by atomic mass is 35.5. The Morgan fingerprint density at radius 2 is 2.21 bits per heavy atom. The third kappa shape index (κ3) is 2.96. The second-order valence-corrected chi connectivity index (χ2v) is 5.36. The smallest absolute Gasteiger partial charge is 0.155 e. The van der Waals surface area contributed by atoms with Gasteiger partial charge in [-0.05, 0) is 31.0 Å². The molecule has 4 nitrogen and oxygen atoms in total. The molecule has 1 fully saturated rings. The third-order valence-electron chi connectivity index (χ3n) is 3.53. The van der Waals surface area contributed by atoms with Gasteiger partial charge in [-0.1, -0.05) is 29.8 Å². The van der Waals surface area contributed by atoms with Crippen LogP contribution in [0, 0.1) is 0 Å². The van der Waals surface area contributed by atoms with Crippen molar-refractivity contribution in [2.24, 2.45) is 0 Å². The van der Waals surface area contributed by atoms with Crippen LogP contribution in [0.15, 0.2) is 24.3 Å². The van der Waals surface area contributed by atoms with Crippen molar-refractivity contribution >= 4 is 11.6 Å². The maximum absolute atomic E-state index is 6.16. The Morgan fingerprint density at radius 3 is 3.00 bits per heavy atom. The fourth-order valence-electron chi connectivity index (χ4n) is 2.47. The summed E-state index contributed by atoms with van der Waals surface area (Å²) in [4.78, 5) is 4.61. The van der Waals surface area contributed by atoms with Crippen LogP contribution in [0.25, 0.3) is 0 Å². The molecule has 0 bridgehead atoms. The van der Waals surface area contributed by atoms with Gasteiger partial charge in [-0.3, -0.25) is 5.10 Å². The molecule has 0 aliphatic carbocycles. The Bertz CT molecular complexity index is 546. The molecule has 19 heavy (non-hydrogen) atoms. The van der Waals surface area contributed by atoms with Gasteiger partial charge in [-0.15, -0.1) is 0 Å². The SMILES string of the molecule is Clc1ccccc1Cc1nc(C2CCCNC2)n[nH]1. The number of halogens is 1. The average Bonchev–Trinajstić information content (AvgIpc) is 2.91. The van der Waals surface area contributed by atoms with Crippen LogP contribution < -0.4 is 5.32 Å². The van der Waals surface area contributed by atoms with Crippen LogP contribution in [0.5, 0.6) is 0 Å². The highest BCUT2D eigenvalue weighted by Crippen LogP contribution is 2.21. The molecule has 1 aromatic carbocycles. The number of H-pyrrole nitrogens is 1. The molecule has 2 aromatic rings. The van der Waals surface area contributed by atoms with E-state index in [1.54, 1.807) is 0 Å². The van der Waals surface area contributed by atoms with Crippen molar-refractivity contribution in [3.63, 3.8) is 0 Å². The van der Waals surface area contributed by atoms with E-state index in [4.69, 9.17) is 11.6 Å². The van der Waals surface area contributed by atoms with Crippen molar-refractivity contribution in [1.82, 2.24) is 20.5 Å². The number of nitrogens with one attached hydrogen (secondary N) is 2. The molecule has 0 radical (unpaired) electrons. The van der Waals surface area contributed by atoms with E-state index < -0.39 is 0 Å². The van der Waals surface area contributed by atoms with Crippen molar-refractivity contribution in [3.05, 3.63) is 46.5 Å². The predicted molar refractivity (Wildman–Crippen MR) is 75.5 cm³/mol. The van der Waals surface area contributed by atoms with Crippen LogP contribution in [-0.4, -0.2) is 28.3 Å². The number of rotatable bonds is 3. The number of hydrogen-bond donors (Lipinski definition) is 2. The maximum Gasteiger partial charge on any atom is 0.155 e. The summed E-state index contributed by atoms with van der Waals surface area (Å²) in [7, 11) is 0. The van der Waals surface area contributed by atoms with Crippen LogP contribution in [0.2, 0.25) is 5.02 Å². The van der Waals surface area contributed by atoms with Gasteiger partial charge in [-0.2, -0.15) is 5.10 Å². The normalized spacial score (nSPS) is 19.5. The highest BCUT2D eigenvalue weighted by molar-refractivity contribution is 6.31. The van der Waals surface area contributed by atoms with Crippen molar-refractivity contribution in [2.75, 3.05) is 13.1 Å². The number of aromatic amines is 1. The molecule has 3 rings (SSSR count). The first-order valence-electron chi connectivity index (χ1n) is 6.68. The predicted octanol–water partition coefficient (Wildman–Crippen LogP) is 2.52. The summed E-state index contributed by atoms with van der Waals surface area (Å²) in [6.45, 7) is 2.08. The minimum atomic E-state index is 0.435. The summed E-state index contributed by atoms with van der Waals surface area (Å²) in [5, 5.41) is 11.5. The molecule has 1 saturated heterocycles. The topological polar surface area (TPSA) is 53.6 Å².